The van der Waals surface area contributed by atoms with Gasteiger partial charge >= 0.3 is 0 Å². The second kappa shape index (κ2) is 5.92. The van der Waals surface area contributed by atoms with E-state index in [4.69, 9.17) is 5.73 Å². The quantitative estimate of drug-likeness (QED) is 0.895. The first-order chi connectivity index (χ1) is 8.99. The molecule has 0 saturated heterocycles. The molecule has 1 aliphatic rings. The first kappa shape index (κ1) is 14.3. The van der Waals surface area contributed by atoms with Crippen LogP contribution in [0.15, 0.2) is 23.1 Å². The van der Waals surface area contributed by atoms with Gasteiger partial charge in [-0.2, -0.15) is 0 Å². The Kier molecular flexibility index (Phi) is 4.47. The monoisotopic (exact) mass is 282 g/mol. The van der Waals surface area contributed by atoms with Crippen molar-refractivity contribution in [1.29, 1.82) is 0 Å². The van der Waals surface area contributed by atoms with Crippen molar-refractivity contribution in [2.24, 2.45) is 11.7 Å². The molecular formula is C14H19FN2OS. The van der Waals surface area contributed by atoms with Crippen molar-refractivity contribution in [3.8, 4) is 0 Å². The number of nitrogens with two attached hydrogens (primary N) is 1. The van der Waals surface area contributed by atoms with E-state index < -0.39 is 6.04 Å². The van der Waals surface area contributed by atoms with E-state index in [1.807, 2.05) is 13.8 Å². The number of rotatable bonds is 3. The minimum absolute atomic E-state index is 0.0879. The summed E-state index contributed by atoms with van der Waals surface area (Å²) in [4.78, 5) is 13.0. The third kappa shape index (κ3) is 3.28. The maximum atomic E-state index is 13.3. The summed E-state index contributed by atoms with van der Waals surface area (Å²) in [7, 11) is 0. The second-order valence-electron chi connectivity index (χ2n) is 5.15. The van der Waals surface area contributed by atoms with Gasteiger partial charge in [0, 0.05) is 10.6 Å². The van der Waals surface area contributed by atoms with Crippen molar-refractivity contribution in [3.63, 3.8) is 0 Å². The molecule has 3 nitrogen and oxygen atoms in total. The molecule has 104 valence electrons. The SMILES string of the molecule is CC(C)[C@H](N)C(=O)NC1CCSc2ccc(F)cc21. The largest absolute Gasteiger partial charge is 0.348 e. The van der Waals surface area contributed by atoms with E-state index in [1.54, 1.807) is 17.8 Å². The van der Waals surface area contributed by atoms with Crippen LogP contribution in [0.4, 0.5) is 4.39 Å². The number of hydrogen-bond donors (Lipinski definition) is 2. The molecule has 0 bridgehead atoms. The molecule has 0 spiro atoms. The summed E-state index contributed by atoms with van der Waals surface area (Å²) in [5, 5.41) is 2.94. The highest BCUT2D eigenvalue weighted by Gasteiger charge is 2.25. The number of thioether (sulfide) groups is 1. The lowest BCUT2D eigenvalue weighted by molar-refractivity contribution is -0.124. The number of nitrogens with one attached hydrogen (secondary N) is 1. The summed E-state index contributed by atoms with van der Waals surface area (Å²) >= 11 is 1.69. The molecule has 0 fully saturated rings. The van der Waals surface area contributed by atoms with Crippen molar-refractivity contribution in [1.82, 2.24) is 5.32 Å². The molecule has 1 aliphatic heterocycles. The lowest BCUT2D eigenvalue weighted by atomic mass is 10.0. The number of carbonyl (C=O) groups excluding carboxylic acids is 1. The number of halogens is 1. The molecule has 1 amide bonds. The Hall–Kier alpha value is -1.07. The molecule has 3 N–H and O–H groups in total. The lowest BCUT2D eigenvalue weighted by Crippen LogP contribution is -2.45. The minimum atomic E-state index is -0.522. The predicted molar refractivity (Wildman–Crippen MR) is 75.4 cm³/mol. The third-order valence-corrected chi connectivity index (χ3v) is 4.47. The van der Waals surface area contributed by atoms with Crippen LogP contribution in [0.3, 0.4) is 0 Å². The molecule has 1 heterocycles. The predicted octanol–water partition coefficient (Wildman–Crippen LogP) is 2.46. The smallest absolute Gasteiger partial charge is 0.237 e. The average molecular weight is 282 g/mol. The summed E-state index contributed by atoms with van der Waals surface area (Å²) in [6, 6.07) is 4.08. The van der Waals surface area contributed by atoms with E-state index in [9.17, 15) is 9.18 Å². The first-order valence-electron chi connectivity index (χ1n) is 6.47. The molecule has 0 saturated carbocycles. The Labute approximate surface area is 117 Å². The van der Waals surface area contributed by atoms with Gasteiger partial charge in [-0.05, 0) is 36.1 Å². The van der Waals surface area contributed by atoms with Gasteiger partial charge in [0.25, 0.3) is 0 Å². The molecule has 1 aromatic rings. The van der Waals surface area contributed by atoms with Crippen molar-refractivity contribution in [2.75, 3.05) is 5.75 Å². The van der Waals surface area contributed by atoms with Gasteiger partial charge < -0.3 is 11.1 Å². The van der Waals surface area contributed by atoms with E-state index in [0.29, 0.717) is 0 Å². The van der Waals surface area contributed by atoms with Gasteiger partial charge in [-0.3, -0.25) is 4.79 Å². The van der Waals surface area contributed by atoms with Crippen molar-refractivity contribution in [3.05, 3.63) is 29.6 Å². The van der Waals surface area contributed by atoms with E-state index >= 15 is 0 Å². The van der Waals surface area contributed by atoms with Crippen LogP contribution in [0.5, 0.6) is 0 Å². The molecule has 5 heteroatoms. The Morgan fingerprint density at radius 2 is 2.26 bits per heavy atom. The average Bonchev–Trinajstić information content (AvgIpc) is 2.38. The Bertz CT molecular complexity index is 479. The van der Waals surface area contributed by atoms with Crippen LogP contribution in [0, 0.1) is 11.7 Å². The van der Waals surface area contributed by atoms with E-state index in [1.165, 1.54) is 12.1 Å². The fraction of sp³-hybridized carbons (Fsp3) is 0.500. The molecular weight excluding hydrogens is 263 g/mol. The van der Waals surface area contributed by atoms with Crippen LogP contribution in [0.2, 0.25) is 0 Å². The standard InChI is InChI=1S/C14H19FN2OS/c1-8(2)13(16)14(18)17-11-5-6-19-12-4-3-9(15)7-10(11)12/h3-4,7-8,11,13H,5-6,16H2,1-2H3,(H,17,18)/t11?,13-/m0/s1. The highest BCUT2D eigenvalue weighted by Crippen LogP contribution is 2.36. The van der Waals surface area contributed by atoms with Gasteiger partial charge in [-0.1, -0.05) is 13.8 Å². The van der Waals surface area contributed by atoms with Crippen LogP contribution < -0.4 is 11.1 Å². The zero-order chi connectivity index (χ0) is 14.0. The molecule has 0 aromatic heterocycles. The third-order valence-electron chi connectivity index (χ3n) is 3.35. The van der Waals surface area contributed by atoms with Gasteiger partial charge in [0.2, 0.25) is 5.91 Å². The number of benzene rings is 1. The van der Waals surface area contributed by atoms with Crippen LogP contribution in [-0.2, 0) is 4.79 Å². The zero-order valence-corrected chi connectivity index (χ0v) is 12.0. The number of fused-ring (bicyclic) bond motifs is 1. The summed E-state index contributed by atoms with van der Waals surface area (Å²) in [5.74, 6) is 0.571. The van der Waals surface area contributed by atoms with Gasteiger partial charge in [-0.15, -0.1) is 11.8 Å². The zero-order valence-electron chi connectivity index (χ0n) is 11.2. The number of hydrogen-bond acceptors (Lipinski definition) is 3. The molecule has 0 radical (unpaired) electrons. The van der Waals surface area contributed by atoms with Crippen LogP contribution in [0.25, 0.3) is 0 Å². The van der Waals surface area contributed by atoms with Gasteiger partial charge in [-0.25, -0.2) is 4.39 Å². The molecule has 1 unspecified atom stereocenters. The molecule has 19 heavy (non-hydrogen) atoms. The summed E-state index contributed by atoms with van der Waals surface area (Å²) in [5.41, 5.74) is 6.70. The van der Waals surface area contributed by atoms with Crippen LogP contribution in [-0.4, -0.2) is 17.7 Å². The molecule has 1 aromatic carbocycles. The summed E-state index contributed by atoms with van der Waals surface area (Å²) in [6.07, 6.45) is 0.803. The Morgan fingerprint density at radius 1 is 1.53 bits per heavy atom. The topological polar surface area (TPSA) is 55.1 Å². The highest BCUT2D eigenvalue weighted by molar-refractivity contribution is 7.99. The van der Waals surface area contributed by atoms with Crippen molar-refractivity contribution < 1.29 is 9.18 Å². The van der Waals surface area contributed by atoms with Crippen LogP contribution in [0.1, 0.15) is 31.9 Å². The summed E-state index contributed by atoms with van der Waals surface area (Å²) < 4.78 is 13.3. The highest BCUT2D eigenvalue weighted by atomic mass is 32.2. The molecule has 2 atom stereocenters. The Balaban J connectivity index is 2.15. The maximum absolute atomic E-state index is 13.3. The second-order valence-corrected chi connectivity index (χ2v) is 6.29. The number of carbonyl (C=O) groups is 1. The van der Waals surface area contributed by atoms with Gasteiger partial charge in [0.1, 0.15) is 5.82 Å². The normalized spacial score (nSPS) is 19.9. The maximum Gasteiger partial charge on any atom is 0.237 e. The van der Waals surface area contributed by atoms with Gasteiger partial charge in [0.05, 0.1) is 12.1 Å². The van der Waals surface area contributed by atoms with Crippen LogP contribution >= 0.6 is 11.8 Å². The van der Waals surface area contributed by atoms with E-state index in [-0.39, 0.29) is 23.7 Å². The van der Waals surface area contributed by atoms with Gasteiger partial charge in [0.15, 0.2) is 0 Å². The fourth-order valence-corrected chi connectivity index (χ4v) is 3.19. The Morgan fingerprint density at radius 3 is 2.95 bits per heavy atom. The van der Waals surface area contributed by atoms with E-state index in [0.717, 1.165) is 22.6 Å². The first-order valence-corrected chi connectivity index (χ1v) is 7.46. The van der Waals surface area contributed by atoms with Crippen molar-refractivity contribution in [2.45, 2.75) is 37.2 Å². The molecule has 2 rings (SSSR count). The minimum Gasteiger partial charge on any atom is -0.348 e. The fourth-order valence-electron chi connectivity index (χ4n) is 2.09. The van der Waals surface area contributed by atoms with E-state index in [2.05, 4.69) is 5.32 Å². The number of amides is 1. The lowest BCUT2D eigenvalue weighted by Gasteiger charge is -2.27. The molecule has 0 aliphatic carbocycles. The summed E-state index contributed by atoms with van der Waals surface area (Å²) in [6.45, 7) is 3.82. The van der Waals surface area contributed by atoms with Crippen molar-refractivity contribution >= 4 is 17.7 Å².